The van der Waals surface area contributed by atoms with E-state index < -0.39 is 16.7 Å². The topological polar surface area (TPSA) is 124 Å². The van der Waals surface area contributed by atoms with Crippen LogP contribution >= 0.6 is 0 Å². The van der Waals surface area contributed by atoms with E-state index in [2.05, 4.69) is 10.9 Å². The Kier molecular flexibility index (Phi) is 4.37. The first-order valence-electron chi connectivity index (χ1n) is 5.99. The zero-order valence-corrected chi connectivity index (χ0v) is 11.4. The fourth-order valence-electron chi connectivity index (χ4n) is 1.63. The Morgan fingerprint density at radius 3 is 2.55 bits per heavy atom. The number of hydrazine groups is 1. The van der Waals surface area contributed by atoms with Crippen LogP contribution in [0.2, 0.25) is 0 Å². The predicted molar refractivity (Wildman–Crippen MR) is 73.3 cm³/mol. The molecule has 1 heterocycles. The molecule has 0 aliphatic rings. The lowest BCUT2D eigenvalue weighted by molar-refractivity contribution is -0.385. The summed E-state index contributed by atoms with van der Waals surface area (Å²) in [7, 11) is 1.28. The highest BCUT2D eigenvalue weighted by molar-refractivity contribution is 5.98. The monoisotopic (exact) mass is 305 g/mol. The number of rotatable bonds is 4. The maximum Gasteiger partial charge on any atom is 0.311 e. The van der Waals surface area contributed by atoms with Crippen molar-refractivity contribution in [3.63, 3.8) is 0 Å². The number of nitro groups is 1. The molecule has 0 unspecified atom stereocenters. The Hall–Kier alpha value is -3.36. The van der Waals surface area contributed by atoms with E-state index in [9.17, 15) is 19.7 Å². The summed E-state index contributed by atoms with van der Waals surface area (Å²) in [6.07, 6.45) is 1.31. The second-order valence-corrected chi connectivity index (χ2v) is 4.03. The third kappa shape index (κ3) is 3.20. The van der Waals surface area contributed by atoms with Crippen LogP contribution in [-0.2, 0) is 0 Å². The number of methoxy groups -OCH3 is 1. The molecule has 9 heteroatoms. The van der Waals surface area contributed by atoms with Crippen LogP contribution in [-0.4, -0.2) is 23.8 Å². The zero-order valence-electron chi connectivity index (χ0n) is 11.4. The van der Waals surface area contributed by atoms with Crippen LogP contribution in [0.4, 0.5) is 5.69 Å². The van der Waals surface area contributed by atoms with Crippen LogP contribution in [0.25, 0.3) is 0 Å². The standard InChI is InChI=1S/C13H11N3O6/c1-21-10-5-4-8(7-9(10)16(19)20)12(17)14-15-13(18)11-3-2-6-22-11/h2-7H,1H3,(H,14,17)(H,15,18). The second-order valence-electron chi connectivity index (χ2n) is 4.03. The fourth-order valence-corrected chi connectivity index (χ4v) is 1.63. The molecule has 0 spiro atoms. The molecule has 1 aromatic carbocycles. The largest absolute Gasteiger partial charge is 0.490 e. The van der Waals surface area contributed by atoms with Gasteiger partial charge >= 0.3 is 11.6 Å². The van der Waals surface area contributed by atoms with Crippen LogP contribution in [0.15, 0.2) is 41.0 Å². The van der Waals surface area contributed by atoms with Gasteiger partial charge in [-0.25, -0.2) is 0 Å². The molecule has 2 rings (SSSR count). The zero-order chi connectivity index (χ0) is 16.1. The summed E-state index contributed by atoms with van der Waals surface area (Å²) < 4.78 is 9.68. The van der Waals surface area contributed by atoms with Gasteiger partial charge in [0, 0.05) is 11.6 Å². The van der Waals surface area contributed by atoms with Crippen molar-refractivity contribution >= 4 is 17.5 Å². The average Bonchev–Trinajstić information content (AvgIpc) is 3.06. The second kappa shape index (κ2) is 6.39. The number of nitrogens with zero attached hydrogens (tertiary/aromatic N) is 1. The van der Waals surface area contributed by atoms with E-state index in [1.807, 2.05) is 0 Å². The maximum atomic E-state index is 11.9. The van der Waals surface area contributed by atoms with Crippen molar-refractivity contribution in [3.05, 3.63) is 58.0 Å². The highest BCUT2D eigenvalue weighted by atomic mass is 16.6. The van der Waals surface area contributed by atoms with Gasteiger partial charge in [-0.15, -0.1) is 0 Å². The molecule has 22 heavy (non-hydrogen) atoms. The number of ether oxygens (including phenoxy) is 1. The lowest BCUT2D eigenvalue weighted by Gasteiger charge is -2.07. The normalized spacial score (nSPS) is 9.86. The number of benzene rings is 1. The molecule has 0 saturated heterocycles. The van der Waals surface area contributed by atoms with Crippen LogP contribution in [0.1, 0.15) is 20.9 Å². The van der Waals surface area contributed by atoms with Gasteiger partial charge in [0.05, 0.1) is 18.3 Å². The average molecular weight is 305 g/mol. The van der Waals surface area contributed by atoms with Crippen LogP contribution in [0.3, 0.4) is 0 Å². The fraction of sp³-hybridized carbons (Fsp3) is 0.0769. The Balaban J connectivity index is 2.08. The molecule has 2 amide bonds. The minimum absolute atomic E-state index is 0.00718. The van der Waals surface area contributed by atoms with Crippen molar-refractivity contribution in [3.8, 4) is 5.75 Å². The molecule has 2 N–H and O–H groups in total. The van der Waals surface area contributed by atoms with Crippen molar-refractivity contribution in [2.75, 3.05) is 7.11 Å². The first-order chi connectivity index (χ1) is 10.5. The molecule has 0 saturated carbocycles. The van der Waals surface area contributed by atoms with Gasteiger partial charge in [-0.05, 0) is 24.3 Å². The molecule has 0 aliphatic carbocycles. The van der Waals surface area contributed by atoms with Gasteiger partial charge in [-0.2, -0.15) is 0 Å². The molecule has 114 valence electrons. The molecule has 0 fully saturated rings. The summed E-state index contributed by atoms with van der Waals surface area (Å²) in [6, 6.07) is 6.61. The molecular weight excluding hydrogens is 294 g/mol. The van der Waals surface area contributed by atoms with Crippen molar-refractivity contribution < 1.29 is 23.7 Å². The van der Waals surface area contributed by atoms with E-state index in [4.69, 9.17) is 9.15 Å². The van der Waals surface area contributed by atoms with Crippen LogP contribution in [0, 0.1) is 10.1 Å². The molecule has 0 atom stereocenters. The number of nitrogens with one attached hydrogen (secondary N) is 2. The van der Waals surface area contributed by atoms with E-state index in [0.29, 0.717) is 0 Å². The summed E-state index contributed by atoms with van der Waals surface area (Å²) in [4.78, 5) is 33.7. The first-order valence-corrected chi connectivity index (χ1v) is 5.99. The maximum absolute atomic E-state index is 11.9. The highest BCUT2D eigenvalue weighted by Gasteiger charge is 2.18. The molecule has 2 aromatic rings. The van der Waals surface area contributed by atoms with Gasteiger partial charge in [-0.1, -0.05) is 0 Å². The lowest BCUT2D eigenvalue weighted by atomic mass is 10.2. The minimum Gasteiger partial charge on any atom is -0.490 e. The van der Waals surface area contributed by atoms with Crippen molar-refractivity contribution in [1.82, 2.24) is 10.9 Å². The van der Waals surface area contributed by atoms with Crippen LogP contribution < -0.4 is 15.6 Å². The van der Waals surface area contributed by atoms with Crippen molar-refractivity contribution in [1.29, 1.82) is 0 Å². The molecule has 9 nitrogen and oxygen atoms in total. The number of hydrogen-bond donors (Lipinski definition) is 2. The summed E-state index contributed by atoms with van der Waals surface area (Å²) in [6.45, 7) is 0. The Labute approximate surface area is 124 Å². The quantitative estimate of drug-likeness (QED) is 0.647. The molecular formula is C13H11N3O6. The summed E-state index contributed by atoms with van der Waals surface area (Å²) in [5, 5.41) is 10.9. The Morgan fingerprint density at radius 1 is 1.23 bits per heavy atom. The summed E-state index contributed by atoms with van der Waals surface area (Å²) in [5.74, 6) is -1.32. The lowest BCUT2D eigenvalue weighted by Crippen LogP contribution is -2.41. The predicted octanol–water partition coefficient (Wildman–Crippen LogP) is 1.27. The summed E-state index contributed by atoms with van der Waals surface area (Å²) in [5.41, 5.74) is 3.89. The van der Waals surface area contributed by atoms with Gasteiger partial charge < -0.3 is 9.15 Å². The van der Waals surface area contributed by atoms with E-state index >= 15 is 0 Å². The third-order valence-corrected chi connectivity index (χ3v) is 2.67. The SMILES string of the molecule is COc1ccc(C(=O)NNC(=O)c2ccco2)cc1[N+](=O)[O-]. The smallest absolute Gasteiger partial charge is 0.311 e. The number of carbonyl (C=O) groups excluding carboxylic acids is 2. The van der Waals surface area contributed by atoms with Gasteiger partial charge in [0.25, 0.3) is 5.91 Å². The van der Waals surface area contributed by atoms with Crippen molar-refractivity contribution in [2.24, 2.45) is 0 Å². The third-order valence-electron chi connectivity index (χ3n) is 2.67. The van der Waals surface area contributed by atoms with Gasteiger partial charge in [-0.3, -0.25) is 30.6 Å². The van der Waals surface area contributed by atoms with E-state index in [1.54, 1.807) is 0 Å². The molecule has 1 aromatic heterocycles. The van der Waals surface area contributed by atoms with E-state index in [0.717, 1.165) is 6.07 Å². The van der Waals surface area contributed by atoms with E-state index in [1.165, 1.54) is 37.6 Å². The number of hydrogen-bond acceptors (Lipinski definition) is 6. The molecule has 0 aliphatic heterocycles. The number of nitro benzene ring substituents is 1. The number of amides is 2. The van der Waals surface area contributed by atoms with Crippen LogP contribution in [0.5, 0.6) is 5.75 Å². The summed E-state index contributed by atoms with van der Waals surface area (Å²) >= 11 is 0. The first kappa shape index (κ1) is 15.0. The molecule has 0 bridgehead atoms. The van der Waals surface area contributed by atoms with Gasteiger partial charge in [0.1, 0.15) is 0 Å². The number of carbonyl (C=O) groups is 2. The van der Waals surface area contributed by atoms with Gasteiger partial charge in [0.2, 0.25) is 0 Å². The van der Waals surface area contributed by atoms with Crippen molar-refractivity contribution in [2.45, 2.75) is 0 Å². The Morgan fingerprint density at radius 2 is 1.95 bits per heavy atom. The number of furan rings is 1. The minimum atomic E-state index is -0.717. The highest BCUT2D eigenvalue weighted by Crippen LogP contribution is 2.27. The van der Waals surface area contributed by atoms with E-state index in [-0.39, 0.29) is 22.8 Å². The Bertz CT molecular complexity index is 711. The van der Waals surface area contributed by atoms with Gasteiger partial charge in [0.15, 0.2) is 11.5 Å². The molecule has 0 radical (unpaired) electrons.